The molecule has 3 aromatic rings. The van der Waals surface area contributed by atoms with E-state index in [2.05, 4.69) is 17.4 Å². The summed E-state index contributed by atoms with van der Waals surface area (Å²) >= 11 is 0. The van der Waals surface area contributed by atoms with E-state index in [-0.39, 0.29) is 23.9 Å². The topological polar surface area (TPSA) is 49.4 Å². The van der Waals surface area contributed by atoms with Gasteiger partial charge in [-0.2, -0.15) is 0 Å². The molecule has 0 aromatic heterocycles. The largest absolute Gasteiger partial charge is 0.347 e. The van der Waals surface area contributed by atoms with E-state index in [4.69, 9.17) is 0 Å². The zero-order valence-corrected chi connectivity index (χ0v) is 18.7. The summed E-state index contributed by atoms with van der Waals surface area (Å²) in [4.78, 5) is 28.2. The third-order valence-corrected chi connectivity index (χ3v) is 6.63. The van der Waals surface area contributed by atoms with Gasteiger partial charge in [-0.05, 0) is 36.5 Å². The van der Waals surface area contributed by atoms with Crippen molar-refractivity contribution in [1.82, 2.24) is 10.2 Å². The molecule has 1 aliphatic heterocycles. The Bertz CT molecular complexity index is 1050. The molecule has 3 atom stereocenters. The van der Waals surface area contributed by atoms with Crippen molar-refractivity contribution in [2.45, 2.75) is 50.7 Å². The van der Waals surface area contributed by atoms with E-state index < -0.39 is 5.54 Å². The number of benzene rings is 3. The zero-order valence-electron chi connectivity index (χ0n) is 18.7. The highest BCUT2D eigenvalue weighted by atomic mass is 16.2. The molecule has 4 heteroatoms. The molecule has 164 valence electrons. The Kier molecular flexibility index (Phi) is 6.40. The van der Waals surface area contributed by atoms with Gasteiger partial charge in [-0.3, -0.25) is 9.59 Å². The van der Waals surface area contributed by atoms with Crippen molar-refractivity contribution in [3.8, 4) is 0 Å². The second kappa shape index (κ2) is 9.39. The molecule has 1 fully saturated rings. The van der Waals surface area contributed by atoms with Crippen molar-refractivity contribution in [3.63, 3.8) is 0 Å². The van der Waals surface area contributed by atoms with E-state index >= 15 is 0 Å². The first-order valence-electron chi connectivity index (χ1n) is 11.3. The Morgan fingerprint density at radius 1 is 0.969 bits per heavy atom. The molecule has 4 nitrogen and oxygen atoms in total. The summed E-state index contributed by atoms with van der Waals surface area (Å²) in [7, 11) is 0. The number of carbonyl (C=O) groups is 2. The van der Waals surface area contributed by atoms with E-state index in [9.17, 15) is 9.59 Å². The number of carbonyl (C=O) groups excluding carboxylic acids is 2. The SMILES string of the molecule is CCC(C)(C(=O)NC(Cc1ccccc1)c1ccccc1)N1C(=O)CC1c1ccccc1. The number of β-lactam (4-membered cyclic amide) rings is 1. The van der Waals surface area contributed by atoms with Crippen molar-refractivity contribution in [2.75, 3.05) is 0 Å². The average Bonchev–Trinajstić information content (AvgIpc) is 2.83. The number of amides is 2. The van der Waals surface area contributed by atoms with Gasteiger partial charge in [0, 0.05) is 0 Å². The average molecular weight is 427 g/mol. The molecule has 2 amide bonds. The molecule has 3 unspecified atom stereocenters. The molecule has 4 rings (SSSR count). The van der Waals surface area contributed by atoms with Gasteiger partial charge >= 0.3 is 0 Å². The van der Waals surface area contributed by atoms with Crippen molar-refractivity contribution < 1.29 is 9.59 Å². The predicted molar refractivity (Wildman–Crippen MR) is 127 cm³/mol. The number of nitrogens with zero attached hydrogens (tertiary/aromatic N) is 1. The van der Waals surface area contributed by atoms with Crippen LogP contribution in [-0.2, 0) is 16.0 Å². The van der Waals surface area contributed by atoms with Crippen LogP contribution in [-0.4, -0.2) is 22.3 Å². The summed E-state index contributed by atoms with van der Waals surface area (Å²) in [5.74, 6) is -0.0866. The monoisotopic (exact) mass is 426 g/mol. The van der Waals surface area contributed by atoms with E-state index in [1.54, 1.807) is 4.90 Å². The molecule has 1 heterocycles. The van der Waals surface area contributed by atoms with Gasteiger partial charge in [0.15, 0.2) is 0 Å². The fraction of sp³-hybridized carbons (Fsp3) is 0.286. The van der Waals surface area contributed by atoms with Crippen LogP contribution in [0.5, 0.6) is 0 Å². The Morgan fingerprint density at radius 2 is 1.53 bits per heavy atom. The van der Waals surface area contributed by atoms with Crippen LogP contribution in [0, 0.1) is 0 Å². The van der Waals surface area contributed by atoms with Crippen molar-refractivity contribution in [3.05, 3.63) is 108 Å². The lowest BCUT2D eigenvalue weighted by Gasteiger charge is -2.51. The number of hydrogen-bond donors (Lipinski definition) is 1. The standard InChI is InChI=1S/C28H30N2O2/c1-3-28(2,30-25(20-26(30)31)23-17-11-6-12-18-23)27(32)29-24(22-15-9-5-10-16-22)19-21-13-7-4-8-14-21/h4-18,24-25H,3,19-20H2,1-2H3,(H,29,32). The second-order valence-corrected chi connectivity index (χ2v) is 8.65. The molecule has 0 spiro atoms. The lowest BCUT2D eigenvalue weighted by molar-refractivity contribution is -0.164. The van der Waals surface area contributed by atoms with Crippen molar-refractivity contribution >= 4 is 11.8 Å². The third kappa shape index (κ3) is 4.31. The molecule has 32 heavy (non-hydrogen) atoms. The van der Waals surface area contributed by atoms with Crippen molar-refractivity contribution in [2.24, 2.45) is 0 Å². The smallest absolute Gasteiger partial charge is 0.246 e. The van der Waals surface area contributed by atoms with Gasteiger partial charge < -0.3 is 10.2 Å². The minimum absolute atomic E-state index is 0.0256. The lowest BCUT2D eigenvalue weighted by Crippen LogP contribution is -2.64. The maximum absolute atomic E-state index is 13.7. The molecule has 1 aliphatic rings. The second-order valence-electron chi connectivity index (χ2n) is 8.65. The molecule has 0 saturated carbocycles. The Hall–Kier alpha value is -3.40. The van der Waals surface area contributed by atoms with E-state index in [0.717, 1.165) is 16.7 Å². The minimum Gasteiger partial charge on any atom is -0.347 e. The van der Waals surface area contributed by atoms with Crippen LogP contribution >= 0.6 is 0 Å². The Morgan fingerprint density at radius 3 is 2.09 bits per heavy atom. The molecule has 1 saturated heterocycles. The van der Waals surface area contributed by atoms with Gasteiger partial charge in [0.2, 0.25) is 11.8 Å². The summed E-state index contributed by atoms with van der Waals surface area (Å²) < 4.78 is 0. The fourth-order valence-electron chi connectivity index (χ4n) is 4.52. The van der Waals surface area contributed by atoms with E-state index in [1.165, 1.54) is 0 Å². The Balaban J connectivity index is 1.60. The highest BCUT2D eigenvalue weighted by Crippen LogP contribution is 2.42. The maximum Gasteiger partial charge on any atom is 0.246 e. The molecule has 3 aromatic carbocycles. The summed E-state index contributed by atoms with van der Waals surface area (Å²) in [6.45, 7) is 3.86. The van der Waals surface area contributed by atoms with Crippen LogP contribution in [0.3, 0.4) is 0 Å². The summed E-state index contributed by atoms with van der Waals surface area (Å²) in [6, 6.07) is 29.9. The van der Waals surface area contributed by atoms with Gasteiger partial charge in [0.25, 0.3) is 0 Å². The van der Waals surface area contributed by atoms with Crippen LogP contribution in [0.2, 0.25) is 0 Å². The Labute approximate surface area is 190 Å². The minimum atomic E-state index is -0.917. The van der Waals surface area contributed by atoms with Crippen LogP contribution < -0.4 is 5.32 Å². The first-order chi connectivity index (χ1) is 15.5. The quantitative estimate of drug-likeness (QED) is 0.502. The number of hydrogen-bond acceptors (Lipinski definition) is 2. The van der Waals surface area contributed by atoms with Gasteiger partial charge in [0.05, 0.1) is 18.5 Å². The van der Waals surface area contributed by atoms with Crippen molar-refractivity contribution in [1.29, 1.82) is 0 Å². The highest BCUT2D eigenvalue weighted by Gasteiger charge is 2.51. The zero-order chi connectivity index (χ0) is 22.6. The van der Waals surface area contributed by atoms with Crippen LogP contribution in [0.4, 0.5) is 0 Å². The van der Waals surface area contributed by atoms with Crippen LogP contribution in [0.1, 0.15) is 55.5 Å². The van der Waals surface area contributed by atoms with Crippen LogP contribution in [0.25, 0.3) is 0 Å². The fourth-order valence-corrected chi connectivity index (χ4v) is 4.52. The predicted octanol–water partition coefficient (Wildman–Crippen LogP) is 5.23. The number of nitrogens with one attached hydrogen (secondary N) is 1. The molecule has 0 radical (unpaired) electrons. The number of rotatable bonds is 8. The summed E-state index contributed by atoms with van der Waals surface area (Å²) in [6.07, 6.45) is 1.67. The summed E-state index contributed by atoms with van der Waals surface area (Å²) in [5.41, 5.74) is 2.36. The van der Waals surface area contributed by atoms with E-state index in [0.29, 0.717) is 19.3 Å². The van der Waals surface area contributed by atoms with Crippen LogP contribution in [0.15, 0.2) is 91.0 Å². The van der Waals surface area contributed by atoms with Gasteiger partial charge in [0.1, 0.15) is 5.54 Å². The normalized spacial score (nSPS) is 18.4. The molecular weight excluding hydrogens is 396 g/mol. The van der Waals surface area contributed by atoms with Gasteiger partial charge in [-0.1, -0.05) is 97.9 Å². The maximum atomic E-state index is 13.7. The molecular formula is C28H30N2O2. The first-order valence-corrected chi connectivity index (χ1v) is 11.3. The van der Waals surface area contributed by atoms with E-state index in [1.807, 2.05) is 92.7 Å². The first kappa shape index (κ1) is 21.8. The molecule has 1 N–H and O–H groups in total. The number of likely N-dealkylation sites (tertiary alicyclic amines) is 1. The molecule has 0 aliphatic carbocycles. The summed E-state index contributed by atoms with van der Waals surface area (Å²) in [5, 5.41) is 3.28. The lowest BCUT2D eigenvalue weighted by atomic mass is 9.83. The third-order valence-electron chi connectivity index (χ3n) is 6.63. The van der Waals surface area contributed by atoms with Gasteiger partial charge in [-0.15, -0.1) is 0 Å². The highest BCUT2D eigenvalue weighted by molar-refractivity contribution is 5.94. The molecule has 0 bridgehead atoms. The van der Waals surface area contributed by atoms with Gasteiger partial charge in [-0.25, -0.2) is 0 Å².